The first-order chi connectivity index (χ1) is 17.6. The number of hydrogen-bond donors (Lipinski definition) is 1. The Balaban J connectivity index is 2.02. The molecule has 3 rings (SSSR count). The highest BCUT2D eigenvalue weighted by molar-refractivity contribution is 7.92. The zero-order valence-electron chi connectivity index (χ0n) is 20.9. The molecule has 0 saturated carbocycles. The fourth-order valence-electron chi connectivity index (χ4n) is 3.89. The summed E-state index contributed by atoms with van der Waals surface area (Å²) in [6.07, 6.45) is 1.28. The maximum absolute atomic E-state index is 13.8. The minimum Gasteiger partial charge on any atom is -0.497 e. The van der Waals surface area contributed by atoms with Crippen molar-refractivity contribution in [2.45, 2.75) is 19.0 Å². The zero-order valence-corrected chi connectivity index (χ0v) is 22.5. The highest BCUT2D eigenvalue weighted by atomic mass is 35.5. The van der Waals surface area contributed by atoms with Crippen molar-refractivity contribution >= 4 is 39.1 Å². The van der Waals surface area contributed by atoms with Crippen LogP contribution in [0.5, 0.6) is 5.75 Å². The number of carbonyl (C=O) groups excluding carboxylic acids is 2. The van der Waals surface area contributed by atoms with Gasteiger partial charge in [-0.05, 0) is 35.4 Å². The van der Waals surface area contributed by atoms with E-state index in [1.165, 1.54) is 25.1 Å². The molecule has 0 aromatic heterocycles. The number of likely N-dealkylation sites (N-methyl/N-ethyl adjacent to an activating group) is 1. The quantitative estimate of drug-likeness (QED) is 0.399. The SMILES string of the molecule is CNC(=O)[C@H](Cc1ccccc1)N(Cc1ccc(Cl)cc1)C(=O)CN(c1cccc(OC)c1)S(C)(=O)=O. The van der Waals surface area contributed by atoms with E-state index in [1.807, 2.05) is 30.3 Å². The van der Waals surface area contributed by atoms with Gasteiger partial charge in [-0.15, -0.1) is 0 Å². The average molecular weight is 544 g/mol. The molecule has 3 aromatic rings. The van der Waals surface area contributed by atoms with Gasteiger partial charge in [-0.25, -0.2) is 8.42 Å². The molecule has 0 radical (unpaired) electrons. The van der Waals surface area contributed by atoms with Gasteiger partial charge in [0.1, 0.15) is 18.3 Å². The van der Waals surface area contributed by atoms with Crippen molar-refractivity contribution in [1.29, 1.82) is 0 Å². The molecule has 2 amide bonds. The third kappa shape index (κ3) is 7.71. The normalized spacial score (nSPS) is 11.9. The molecule has 0 bridgehead atoms. The summed E-state index contributed by atoms with van der Waals surface area (Å²) in [7, 11) is -0.871. The van der Waals surface area contributed by atoms with E-state index in [2.05, 4.69) is 5.32 Å². The molecule has 0 saturated heterocycles. The second-order valence-corrected chi connectivity index (χ2v) is 10.8. The lowest BCUT2D eigenvalue weighted by molar-refractivity contribution is -0.139. The predicted molar refractivity (Wildman–Crippen MR) is 145 cm³/mol. The molecule has 0 unspecified atom stereocenters. The Labute approximate surface area is 222 Å². The van der Waals surface area contributed by atoms with Crippen molar-refractivity contribution in [2.24, 2.45) is 0 Å². The summed E-state index contributed by atoms with van der Waals surface area (Å²) in [5.41, 5.74) is 1.88. The molecular weight excluding hydrogens is 514 g/mol. The van der Waals surface area contributed by atoms with Gasteiger partial charge >= 0.3 is 0 Å². The second kappa shape index (κ2) is 12.6. The Morgan fingerprint density at radius 3 is 2.24 bits per heavy atom. The van der Waals surface area contributed by atoms with Gasteiger partial charge in [0.05, 0.1) is 19.1 Å². The van der Waals surface area contributed by atoms with E-state index >= 15 is 0 Å². The Morgan fingerprint density at radius 2 is 1.65 bits per heavy atom. The van der Waals surface area contributed by atoms with Crippen molar-refractivity contribution in [3.8, 4) is 5.75 Å². The van der Waals surface area contributed by atoms with E-state index in [1.54, 1.807) is 42.5 Å². The van der Waals surface area contributed by atoms with Crippen LogP contribution in [0.15, 0.2) is 78.9 Å². The van der Waals surface area contributed by atoms with Crippen molar-refractivity contribution < 1.29 is 22.7 Å². The number of benzene rings is 3. The molecule has 0 aliphatic heterocycles. The Bertz CT molecular complexity index is 1320. The number of amides is 2. The summed E-state index contributed by atoms with van der Waals surface area (Å²) in [6.45, 7) is -0.418. The largest absolute Gasteiger partial charge is 0.497 e. The van der Waals surface area contributed by atoms with Crippen LogP contribution in [0.4, 0.5) is 5.69 Å². The maximum atomic E-state index is 13.8. The van der Waals surface area contributed by atoms with E-state index in [-0.39, 0.29) is 24.6 Å². The smallest absolute Gasteiger partial charge is 0.244 e. The molecule has 0 spiro atoms. The van der Waals surface area contributed by atoms with Gasteiger partial charge in [0, 0.05) is 31.1 Å². The van der Waals surface area contributed by atoms with Crippen LogP contribution in [0.3, 0.4) is 0 Å². The molecule has 0 aliphatic rings. The topological polar surface area (TPSA) is 96.0 Å². The number of nitrogens with one attached hydrogen (secondary N) is 1. The lowest BCUT2D eigenvalue weighted by Crippen LogP contribution is -2.52. The van der Waals surface area contributed by atoms with Gasteiger partial charge in [0.15, 0.2) is 0 Å². The number of methoxy groups -OCH3 is 1. The van der Waals surface area contributed by atoms with Gasteiger partial charge in [0.25, 0.3) is 0 Å². The van der Waals surface area contributed by atoms with Crippen LogP contribution in [0, 0.1) is 0 Å². The third-order valence-electron chi connectivity index (χ3n) is 5.80. The Hall–Kier alpha value is -3.56. The van der Waals surface area contributed by atoms with Crippen molar-refractivity contribution in [2.75, 3.05) is 31.3 Å². The fraction of sp³-hybridized carbons (Fsp3) is 0.259. The van der Waals surface area contributed by atoms with Crippen LogP contribution in [0.25, 0.3) is 0 Å². The van der Waals surface area contributed by atoms with Crippen LogP contribution < -0.4 is 14.4 Å². The molecule has 37 heavy (non-hydrogen) atoms. The maximum Gasteiger partial charge on any atom is 0.244 e. The van der Waals surface area contributed by atoms with Crippen LogP contribution in [-0.2, 0) is 32.6 Å². The Morgan fingerprint density at radius 1 is 0.973 bits per heavy atom. The van der Waals surface area contributed by atoms with E-state index in [0.717, 1.165) is 21.7 Å². The number of sulfonamides is 1. The molecule has 10 heteroatoms. The molecule has 8 nitrogen and oxygen atoms in total. The van der Waals surface area contributed by atoms with E-state index in [4.69, 9.17) is 16.3 Å². The summed E-state index contributed by atoms with van der Waals surface area (Å²) < 4.78 is 31.8. The zero-order chi connectivity index (χ0) is 27.0. The minimum absolute atomic E-state index is 0.0800. The summed E-state index contributed by atoms with van der Waals surface area (Å²) >= 11 is 6.04. The van der Waals surface area contributed by atoms with Gasteiger partial charge in [-0.3, -0.25) is 13.9 Å². The summed E-state index contributed by atoms with van der Waals surface area (Å²) in [5, 5.41) is 3.18. The summed E-state index contributed by atoms with van der Waals surface area (Å²) in [6, 6.07) is 21.8. The first-order valence-corrected chi connectivity index (χ1v) is 13.8. The molecule has 1 atom stereocenters. The van der Waals surface area contributed by atoms with E-state index < -0.39 is 28.5 Å². The van der Waals surface area contributed by atoms with E-state index in [0.29, 0.717) is 10.8 Å². The highest BCUT2D eigenvalue weighted by Crippen LogP contribution is 2.24. The number of halogens is 1. The second-order valence-electron chi connectivity index (χ2n) is 8.44. The molecule has 196 valence electrons. The number of anilines is 1. The molecule has 0 heterocycles. The van der Waals surface area contributed by atoms with Crippen molar-refractivity contribution in [3.05, 3.63) is 95.0 Å². The molecule has 0 fully saturated rings. The van der Waals surface area contributed by atoms with Gasteiger partial charge < -0.3 is 15.0 Å². The third-order valence-corrected chi connectivity index (χ3v) is 7.20. The lowest BCUT2D eigenvalue weighted by atomic mass is 10.0. The first kappa shape index (κ1) is 28.0. The Kier molecular flexibility index (Phi) is 9.54. The van der Waals surface area contributed by atoms with Gasteiger partial charge in [-0.2, -0.15) is 0 Å². The van der Waals surface area contributed by atoms with E-state index in [9.17, 15) is 18.0 Å². The number of carbonyl (C=O) groups is 2. The van der Waals surface area contributed by atoms with Crippen molar-refractivity contribution in [3.63, 3.8) is 0 Å². The standard InChI is InChI=1S/C27H30ClN3O5S/c1-29-27(33)25(16-20-8-5-4-6-9-20)30(18-21-12-14-22(28)15-13-21)26(32)19-31(37(3,34)35)23-10-7-11-24(17-23)36-2/h4-15,17,25H,16,18-19H2,1-3H3,(H,29,33)/t25-/m0/s1. The number of rotatable bonds is 11. The van der Waals surface area contributed by atoms with Crippen LogP contribution in [-0.4, -0.2) is 58.1 Å². The fourth-order valence-corrected chi connectivity index (χ4v) is 4.85. The van der Waals surface area contributed by atoms with Crippen LogP contribution in [0.2, 0.25) is 5.02 Å². The van der Waals surface area contributed by atoms with Crippen LogP contribution >= 0.6 is 11.6 Å². The van der Waals surface area contributed by atoms with Crippen molar-refractivity contribution in [1.82, 2.24) is 10.2 Å². The summed E-state index contributed by atoms with van der Waals surface area (Å²) in [4.78, 5) is 28.3. The molecule has 1 N–H and O–H groups in total. The molecule has 0 aliphatic carbocycles. The van der Waals surface area contributed by atoms with Gasteiger partial charge in [-0.1, -0.05) is 60.1 Å². The highest BCUT2D eigenvalue weighted by Gasteiger charge is 2.32. The number of hydrogen-bond acceptors (Lipinski definition) is 5. The lowest BCUT2D eigenvalue weighted by Gasteiger charge is -2.33. The average Bonchev–Trinajstić information content (AvgIpc) is 2.89. The number of ether oxygens (including phenoxy) is 1. The van der Waals surface area contributed by atoms with Crippen LogP contribution in [0.1, 0.15) is 11.1 Å². The first-order valence-electron chi connectivity index (χ1n) is 11.5. The minimum atomic E-state index is -3.85. The summed E-state index contributed by atoms with van der Waals surface area (Å²) in [5.74, 6) is -0.449. The van der Waals surface area contributed by atoms with Gasteiger partial charge in [0.2, 0.25) is 21.8 Å². The molecule has 3 aromatic carbocycles. The number of nitrogens with zero attached hydrogens (tertiary/aromatic N) is 2. The molecular formula is C27H30ClN3O5S. The monoisotopic (exact) mass is 543 g/mol. The predicted octanol–water partition coefficient (Wildman–Crippen LogP) is 3.50.